The molecule has 134 valence electrons. The second-order valence-corrected chi connectivity index (χ2v) is 7.10. The number of carbonyl (C=O) groups excluding carboxylic acids is 4. The molecule has 1 N–H and O–H groups in total. The molecular formula is C17H14ClN3O4S. The molecule has 0 aliphatic carbocycles. The molecule has 0 bridgehead atoms. The number of hydrogen-bond acceptors (Lipinski definition) is 5. The zero-order valence-corrected chi connectivity index (χ0v) is 15.3. The third kappa shape index (κ3) is 3.61. The van der Waals surface area contributed by atoms with Gasteiger partial charge in [0, 0.05) is 15.6 Å². The van der Waals surface area contributed by atoms with Crippen molar-refractivity contribution in [3.63, 3.8) is 0 Å². The number of hydrogen-bond donors (Lipinski definition) is 1. The lowest BCUT2D eigenvalue weighted by Crippen LogP contribution is -2.38. The maximum atomic E-state index is 12.4. The van der Waals surface area contributed by atoms with E-state index in [1.165, 1.54) is 11.3 Å². The summed E-state index contributed by atoms with van der Waals surface area (Å²) in [5.74, 6) is -2.55. The van der Waals surface area contributed by atoms with Crippen LogP contribution < -0.4 is 5.32 Å². The van der Waals surface area contributed by atoms with E-state index in [0.717, 1.165) is 15.3 Å². The smallest absolute Gasteiger partial charge is 0.324 e. The van der Waals surface area contributed by atoms with Crippen molar-refractivity contribution in [1.82, 2.24) is 9.80 Å². The second kappa shape index (κ2) is 7.27. The summed E-state index contributed by atoms with van der Waals surface area (Å²) in [7, 11) is 0. The minimum absolute atomic E-state index is 0.00671. The number of rotatable bonds is 5. The van der Waals surface area contributed by atoms with Gasteiger partial charge in [-0.25, -0.2) is 9.69 Å². The van der Waals surface area contributed by atoms with Crippen LogP contribution in [0.5, 0.6) is 0 Å². The van der Waals surface area contributed by atoms with Crippen LogP contribution in [0.2, 0.25) is 5.02 Å². The molecule has 0 saturated carbocycles. The van der Waals surface area contributed by atoms with Gasteiger partial charge in [-0.15, -0.1) is 11.3 Å². The van der Waals surface area contributed by atoms with Crippen LogP contribution in [0.3, 0.4) is 0 Å². The van der Waals surface area contributed by atoms with Gasteiger partial charge in [-0.2, -0.15) is 0 Å². The fourth-order valence-corrected chi connectivity index (χ4v) is 3.28. The number of anilines is 1. The standard InChI is InChI=1S/C17H14ClN3O4S/c1-10-4-5-11(7-13(10)18)19-14(22)9-21-16(24)15(23)20(17(21)25)8-12-3-2-6-26-12/h2-7H,8-9H2,1H3,(H,19,22). The Balaban J connectivity index is 1.67. The lowest BCUT2D eigenvalue weighted by atomic mass is 10.2. The highest BCUT2D eigenvalue weighted by Gasteiger charge is 2.45. The summed E-state index contributed by atoms with van der Waals surface area (Å²) in [5, 5.41) is 4.84. The van der Waals surface area contributed by atoms with E-state index < -0.39 is 30.3 Å². The minimum Gasteiger partial charge on any atom is -0.324 e. The number of halogens is 1. The number of carbonyl (C=O) groups is 4. The van der Waals surface area contributed by atoms with Crippen LogP contribution >= 0.6 is 22.9 Å². The molecular weight excluding hydrogens is 378 g/mol. The largest absolute Gasteiger partial charge is 0.335 e. The van der Waals surface area contributed by atoms with E-state index in [9.17, 15) is 19.2 Å². The minimum atomic E-state index is -1.01. The van der Waals surface area contributed by atoms with Crippen LogP contribution in [0.4, 0.5) is 10.5 Å². The first-order valence-electron chi connectivity index (χ1n) is 7.62. The molecule has 1 fully saturated rings. The Bertz CT molecular complexity index is 897. The summed E-state index contributed by atoms with van der Waals surface area (Å²) >= 11 is 7.37. The van der Waals surface area contributed by atoms with Crippen LogP contribution in [-0.2, 0) is 20.9 Å². The fourth-order valence-electron chi connectivity index (χ4n) is 2.40. The molecule has 0 radical (unpaired) electrons. The van der Waals surface area contributed by atoms with Gasteiger partial charge in [0.15, 0.2) is 0 Å². The van der Waals surface area contributed by atoms with Gasteiger partial charge < -0.3 is 5.32 Å². The lowest BCUT2D eigenvalue weighted by Gasteiger charge is -2.15. The molecule has 5 amide bonds. The van der Waals surface area contributed by atoms with E-state index in [1.54, 1.807) is 35.7 Å². The molecule has 9 heteroatoms. The van der Waals surface area contributed by atoms with Crippen molar-refractivity contribution in [2.24, 2.45) is 0 Å². The van der Waals surface area contributed by atoms with Crippen LogP contribution in [0.15, 0.2) is 35.7 Å². The molecule has 2 aromatic rings. The third-order valence-corrected chi connectivity index (χ3v) is 5.05. The first kappa shape index (κ1) is 18.1. The van der Waals surface area contributed by atoms with Crippen molar-refractivity contribution in [1.29, 1.82) is 0 Å². The molecule has 0 spiro atoms. The molecule has 3 rings (SSSR count). The van der Waals surface area contributed by atoms with E-state index in [0.29, 0.717) is 15.6 Å². The van der Waals surface area contributed by atoms with Crippen molar-refractivity contribution in [2.75, 3.05) is 11.9 Å². The van der Waals surface area contributed by atoms with Crippen molar-refractivity contribution >= 4 is 52.4 Å². The average Bonchev–Trinajstić information content (AvgIpc) is 3.18. The van der Waals surface area contributed by atoms with Crippen LogP contribution in [0.1, 0.15) is 10.4 Å². The lowest BCUT2D eigenvalue weighted by molar-refractivity contribution is -0.143. The van der Waals surface area contributed by atoms with Gasteiger partial charge in [0.25, 0.3) is 0 Å². The quantitative estimate of drug-likeness (QED) is 0.627. The third-order valence-electron chi connectivity index (χ3n) is 3.79. The highest BCUT2D eigenvalue weighted by Crippen LogP contribution is 2.21. The van der Waals surface area contributed by atoms with Gasteiger partial charge in [0.2, 0.25) is 5.91 Å². The molecule has 1 aromatic heterocycles. The monoisotopic (exact) mass is 391 g/mol. The molecule has 1 aliphatic heterocycles. The highest BCUT2D eigenvalue weighted by molar-refractivity contribution is 7.09. The average molecular weight is 392 g/mol. The molecule has 26 heavy (non-hydrogen) atoms. The zero-order valence-electron chi connectivity index (χ0n) is 13.7. The first-order valence-corrected chi connectivity index (χ1v) is 8.88. The van der Waals surface area contributed by atoms with E-state index >= 15 is 0 Å². The molecule has 7 nitrogen and oxygen atoms in total. The predicted molar refractivity (Wildman–Crippen MR) is 96.8 cm³/mol. The SMILES string of the molecule is Cc1ccc(NC(=O)CN2C(=O)C(=O)N(Cc3cccs3)C2=O)cc1Cl. The Hall–Kier alpha value is -2.71. The summed E-state index contributed by atoms with van der Waals surface area (Å²) in [6.45, 7) is 1.28. The highest BCUT2D eigenvalue weighted by atomic mass is 35.5. The van der Waals surface area contributed by atoms with Gasteiger partial charge in [-0.3, -0.25) is 19.3 Å². The van der Waals surface area contributed by atoms with E-state index in [1.807, 2.05) is 6.92 Å². The first-order chi connectivity index (χ1) is 12.4. The van der Waals surface area contributed by atoms with E-state index in [-0.39, 0.29) is 6.54 Å². The van der Waals surface area contributed by atoms with E-state index in [4.69, 9.17) is 11.6 Å². The Kier molecular flexibility index (Phi) is 5.06. The van der Waals surface area contributed by atoms with Gasteiger partial charge in [-0.05, 0) is 36.1 Å². The summed E-state index contributed by atoms with van der Waals surface area (Å²) in [5.41, 5.74) is 1.29. The number of aryl methyl sites for hydroxylation is 1. The number of amides is 5. The van der Waals surface area contributed by atoms with E-state index in [2.05, 4.69) is 5.32 Å². The number of thiophene rings is 1. The second-order valence-electron chi connectivity index (χ2n) is 5.66. The number of urea groups is 1. The summed E-state index contributed by atoms with van der Waals surface area (Å²) in [6, 6.07) is 7.69. The zero-order chi connectivity index (χ0) is 18.8. The molecule has 2 heterocycles. The van der Waals surface area contributed by atoms with Crippen molar-refractivity contribution < 1.29 is 19.2 Å². The molecule has 1 aliphatic rings. The van der Waals surface area contributed by atoms with Crippen LogP contribution in [0, 0.1) is 6.92 Å². The molecule has 0 atom stereocenters. The van der Waals surface area contributed by atoms with Gasteiger partial charge in [0.05, 0.1) is 6.54 Å². The summed E-state index contributed by atoms with van der Waals surface area (Å²) in [6.07, 6.45) is 0. The summed E-state index contributed by atoms with van der Waals surface area (Å²) in [4.78, 5) is 50.9. The Morgan fingerprint density at radius 2 is 1.88 bits per heavy atom. The predicted octanol–water partition coefficient (Wildman–Crippen LogP) is 2.64. The van der Waals surface area contributed by atoms with Crippen molar-refractivity contribution in [2.45, 2.75) is 13.5 Å². The van der Waals surface area contributed by atoms with Crippen molar-refractivity contribution in [3.8, 4) is 0 Å². The maximum Gasteiger partial charge on any atom is 0.335 e. The normalized spacial score (nSPS) is 14.3. The molecule has 1 saturated heterocycles. The number of nitrogens with one attached hydrogen (secondary N) is 1. The number of nitrogens with zero attached hydrogens (tertiary/aromatic N) is 2. The summed E-state index contributed by atoms with van der Waals surface area (Å²) < 4.78 is 0. The number of imide groups is 2. The topological polar surface area (TPSA) is 86.8 Å². The Labute approximate surface area is 158 Å². The van der Waals surface area contributed by atoms with Crippen LogP contribution in [0.25, 0.3) is 0 Å². The fraction of sp³-hybridized carbons (Fsp3) is 0.176. The van der Waals surface area contributed by atoms with Gasteiger partial charge in [-0.1, -0.05) is 23.7 Å². The molecule has 1 aromatic carbocycles. The molecule has 0 unspecified atom stereocenters. The Morgan fingerprint density at radius 3 is 2.54 bits per heavy atom. The maximum absolute atomic E-state index is 12.4. The van der Waals surface area contributed by atoms with Crippen LogP contribution in [-0.4, -0.2) is 40.1 Å². The van der Waals surface area contributed by atoms with Gasteiger partial charge >= 0.3 is 17.8 Å². The number of benzene rings is 1. The Morgan fingerprint density at radius 1 is 1.15 bits per heavy atom. The van der Waals surface area contributed by atoms with Gasteiger partial charge in [0.1, 0.15) is 6.54 Å². The van der Waals surface area contributed by atoms with Crippen molar-refractivity contribution in [3.05, 3.63) is 51.2 Å².